The Hall–Kier alpha value is -0.150. The molecule has 1 unspecified atom stereocenters. The van der Waals surface area contributed by atoms with Gasteiger partial charge >= 0.3 is 0 Å². The molecular weight excluding hydrogens is 147 g/mol. The van der Waals surface area contributed by atoms with Crippen LogP contribution < -0.4 is 0 Å². The van der Waals surface area contributed by atoms with E-state index in [9.17, 15) is 4.39 Å². The van der Waals surface area contributed by atoms with Gasteiger partial charge in [-0.05, 0) is 19.8 Å². The first-order chi connectivity index (χ1) is 5.27. The van der Waals surface area contributed by atoms with E-state index in [1.807, 2.05) is 6.92 Å². The molecule has 0 spiro atoms. The summed E-state index contributed by atoms with van der Waals surface area (Å²) in [6.45, 7) is 1.71. The van der Waals surface area contributed by atoms with Crippen LogP contribution in [0.25, 0.3) is 0 Å². The first-order valence-corrected chi connectivity index (χ1v) is 4.10. The van der Waals surface area contributed by atoms with Gasteiger partial charge in [0.25, 0.3) is 0 Å². The Morgan fingerprint density at radius 2 is 2.36 bits per heavy atom. The highest BCUT2D eigenvalue weighted by Crippen LogP contribution is 2.28. The predicted molar refractivity (Wildman–Crippen MR) is 40.1 cm³/mol. The molecule has 0 aromatic rings. The fraction of sp³-hybridized carbons (Fsp3) is 1.00. The van der Waals surface area contributed by atoms with Gasteiger partial charge in [-0.25, -0.2) is 0 Å². The molecule has 1 saturated heterocycles. The maximum atomic E-state index is 12.3. The molecule has 0 radical (unpaired) electrons. The fourth-order valence-corrected chi connectivity index (χ4v) is 1.64. The normalized spacial score (nSPS) is 37.9. The summed E-state index contributed by atoms with van der Waals surface area (Å²) < 4.78 is 17.7. The summed E-state index contributed by atoms with van der Waals surface area (Å²) in [4.78, 5) is 0. The van der Waals surface area contributed by atoms with Crippen LogP contribution in [0, 0.1) is 5.92 Å². The summed E-state index contributed by atoms with van der Waals surface area (Å²) in [6, 6.07) is 0. The number of aliphatic hydroxyl groups excluding tert-OH is 1. The van der Waals surface area contributed by atoms with Crippen LogP contribution >= 0.6 is 0 Å². The lowest BCUT2D eigenvalue weighted by Gasteiger charge is -2.13. The Labute approximate surface area is 66.4 Å². The van der Waals surface area contributed by atoms with Gasteiger partial charge in [0, 0.05) is 12.5 Å². The zero-order valence-corrected chi connectivity index (χ0v) is 6.79. The third-order valence-electron chi connectivity index (χ3n) is 2.18. The van der Waals surface area contributed by atoms with Gasteiger partial charge in [0.2, 0.25) is 0 Å². The molecule has 1 aliphatic rings. The first-order valence-electron chi connectivity index (χ1n) is 4.10. The lowest BCUT2D eigenvalue weighted by Crippen LogP contribution is -2.19. The van der Waals surface area contributed by atoms with Gasteiger partial charge in [-0.15, -0.1) is 0 Å². The molecule has 0 aromatic carbocycles. The van der Waals surface area contributed by atoms with Gasteiger partial charge in [-0.3, -0.25) is 4.39 Å². The lowest BCUT2D eigenvalue weighted by molar-refractivity contribution is 0.0249. The van der Waals surface area contributed by atoms with Crippen molar-refractivity contribution < 1.29 is 14.2 Å². The molecule has 0 saturated carbocycles. The van der Waals surface area contributed by atoms with E-state index in [2.05, 4.69) is 0 Å². The smallest absolute Gasteiger partial charge is 0.0948 e. The summed E-state index contributed by atoms with van der Waals surface area (Å²) in [6.07, 6.45) is 1.47. The number of hydrogen-bond donors (Lipinski definition) is 1. The zero-order chi connectivity index (χ0) is 8.27. The van der Waals surface area contributed by atoms with Gasteiger partial charge in [0.05, 0.1) is 18.9 Å². The van der Waals surface area contributed by atoms with E-state index in [-0.39, 0.29) is 31.4 Å². The number of hydrogen-bond acceptors (Lipinski definition) is 2. The van der Waals surface area contributed by atoms with E-state index in [0.29, 0.717) is 6.42 Å². The van der Waals surface area contributed by atoms with Gasteiger partial charge in [0.1, 0.15) is 0 Å². The molecule has 1 fully saturated rings. The third kappa shape index (κ3) is 2.14. The Balaban J connectivity index is 2.37. The van der Waals surface area contributed by atoms with Crippen LogP contribution in [0.1, 0.15) is 19.8 Å². The van der Waals surface area contributed by atoms with Crippen LogP contribution in [0.3, 0.4) is 0 Å². The minimum absolute atomic E-state index is 0.0112. The van der Waals surface area contributed by atoms with Gasteiger partial charge in [-0.1, -0.05) is 0 Å². The molecular formula is C8H15FO2. The van der Waals surface area contributed by atoms with Crippen molar-refractivity contribution in [3.05, 3.63) is 0 Å². The Morgan fingerprint density at radius 3 is 2.91 bits per heavy atom. The number of halogens is 1. The monoisotopic (exact) mass is 162 g/mol. The van der Waals surface area contributed by atoms with Crippen molar-refractivity contribution in [1.29, 1.82) is 0 Å². The number of ether oxygens (including phenoxy) is 1. The minimum atomic E-state index is -0.324. The highest BCUT2D eigenvalue weighted by Gasteiger charge is 2.31. The molecule has 3 heteroatoms. The SMILES string of the molecule is C[C@H]1C[C@H](CF)C(CCO)O1. The summed E-state index contributed by atoms with van der Waals surface area (Å²) in [5, 5.41) is 8.62. The van der Waals surface area contributed by atoms with Crippen LogP contribution in [-0.2, 0) is 4.74 Å². The van der Waals surface area contributed by atoms with E-state index < -0.39 is 0 Å². The predicted octanol–water partition coefficient (Wildman–Crippen LogP) is 1.13. The zero-order valence-electron chi connectivity index (χ0n) is 6.79. The van der Waals surface area contributed by atoms with E-state index in [0.717, 1.165) is 6.42 Å². The standard InChI is InChI=1S/C8H15FO2/c1-6-4-7(5-9)8(11-6)2-3-10/h6-8,10H,2-5H2,1H3/t6-,7+,8?/m0/s1. The molecule has 1 rings (SSSR count). The molecule has 1 heterocycles. The molecule has 66 valence electrons. The van der Waals surface area contributed by atoms with Gasteiger partial charge < -0.3 is 9.84 Å². The molecule has 1 N–H and O–H groups in total. The minimum Gasteiger partial charge on any atom is -0.396 e. The van der Waals surface area contributed by atoms with Gasteiger partial charge in [0.15, 0.2) is 0 Å². The van der Waals surface area contributed by atoms with Gasteiger partial charge in [-0.2, -0.15) is 0 Å². The number of rotatable bonds is 3. The van der Waals surface area contributed by atoms with E-state index in [1.165, 1.54) is 0 Å². The maximum Gasteiger partial charge on any atom is 0.0948 e. The van der Waals surface area contributed by atoms with Crippen molar-refractivity contribution in [3.63, 3.8) is 0 Å². The maximum absolute atomic E-state index is 12.3. The van der Waals surface area contributed by atoms with Crippen LogP contribution in [0.5, 0.6) is 0 Å². The van der Waals surface area contributed by atoms with E-state index >= 15 is 0 Å². The number of alkyl halides is 1. The second kappa shape index (κ2) is 4.02. The second-order valence-electron chi connectivity index (χ2n) is 3.15. The first kappa shape index (κ1) is 8.94. The highest BCUT2D eigenvalue weighted by atomic mass is 19.1. The molecule has 11 heavy (non-hydrogen) atoms. The van der Waals surface area contributed by atoms with Crippen LogP contribution in [0.15, 0.2) is 0 Å². The molecule has 0 aliphatic carbocycles. The summed E-state index contributed by atoms with van der Waals surface area (Å²) in [5.41, 5.74) is 0. The van der Waals surface area contributed by atoms with Crippen LogP contribution in [0.2, 0.25) is 0 Å². The number of aliphatic hydroxyl groups is 1. The van der Waals surface area contributed by atoms with Crippen molar-refractivity contribution in [2.24, 2.45) is 5.92 Å². The lowest BCUT2D eigenvalue weighted by atomic mass is 9.99. The van der Waals surface area contributed by atoms with Crippen molar-refractivity contribution >= 4 is 0 Å². The van der Waals surface area contributed by atoms with Crippen molar-refractivity contribution in [2.45, 2.75) is 32.0 Å². The Morgan fingerprint density at radius 1 is 1.64 bits per heavy atom. The van der Waals surface area contributed by atoms with Crippen LogP contribution in [0.4, 0.5) is 4.39 Å². The fourth-order valence-electron chi connectivity index (χ4n) is 1.64. The highest BCUT2D eigenvalue weighted by molar-refractivity contribution is 4.79. The van der Waals surface area contributed by atoms with Crippen molar-refractivity contribution in [3.8, 4) is 0 Å². The molecule has 2 nitrogen and oxygen atoms in total. The summed E-state index contributed by atoms with van der Waals surface area (Å²) in [7, 11) is 0. The van der Waals surface area contributed by atoms with Crippen LogP contribution in [-0.4, -0.2) is 30.6 Å². The molecule has 3 atom stereocenters. The molecule has 0 aromatic heterocycles. The second-order valence-corrected chi connectivity index (χ2v) is 3.15. The Kier molecular flexibility index (Phi) is 3.27. The van der Waals surface area contributed by atoms with Crippen molar-refractivity contribution in [1.82, 2.24) is 0 Å². The molecule has 0 bridgehead atoms. The summed E-state index contributed by atoms with van der Waals surface area (Å²) in [5.74, 6) is 0.0112. The quantitative estimate of drug-likeness (QED) is 0.674. The average molecular weight is 162 g/mol. The average Bonchev–Trinajstić information content (AvgIpc) is 2.32. The van der Waals surface area contributed by atoms with Crippen molar-refractivity contribution in [2.75, 3.05) is 13.3 Å². The Bertz CT molecular complexity index is 119. The summed E-state index contributed by atoms with van der Waals surface area (Å²) >= 11 is 0. The molecule has 1 aliphatic heterocycles. The van der Waals surface area contributed by atoms with E-state index in [1.54, 1.807) is 0 Å². The largest absolute Gasteiger partial charge is 0.396 e. The third-order valence-corrected chi connectivity index (χ3v) is 2.18. The topological polar surface area (TPSA) is 29.5 Å². The molecule has 0 amide bonds. The van der Waals surface area contributed by atoms with E-state index in [4.69, 9.17) is 9.84 Å².